The highest BCUT2D eigenvalue weighted by Gasteiger charge is 2.27. The SMILES string of the molecule is CC(C)(C)OC(=O)N1CCN(C(=O)Cc2ccc(F)cn2)CC1. The van der Waals surface area contributed by atoms with Crippen molar-refractivity contribution in [2.24, 2.45) is 0 Å². The van der Waals surface area contributed by atoms with E-state index in [1.165, 1.54) is 12.1 Å². The molecule has 0 N–H and O–H groups in total. The van der Waals surface area contributed by atoms with Gasteiger partial charge >= 0.3 is 6.09 Å². The fraction of sp³-hybridized carbons (Fsp3) is 0.562. The highest BCUT2D eigenvalue weighted by molar-refractivity contribution is 5.78. The van der Waals surface area contributed by atoms with Crippen molar-refractivity contribution in [3.05, 3.63) is 29.8 Å². The molecule has 1 fully saturated rings. The van der Waals surface area contributed by atoms with Crippen molar-refractivity contribution < 1.29 is 18.7 Å². The second-order valence-electron chi connectivity index (χ2n) is 6.49. The lowest BCUT2D eigenvalue weighted by atomic mass is 10.2. The van der Waals surface area contributed by atoms with Crippen LogP contribution >= 0.6 is 0 Å². The van der Waals surface area contributed by atoms with Crippen LogP contribution in [0.3, 0.4) is 0 Å². The number of carbonyl (C=O) groups is 2. The molecule has 7 heteroatoms. The largest absolute Gasteiger partial charge is 0.444 e. The van der Waals surface area contributed by atoms with Crippen LogP contribution in [0.2, 0.25) is 0 Å². The van der Waals surface area contributed by atoms with Crippen LogP contribution in [0.5, 0.6) is 0 Å². The highest BCUT2D eigenvalue weighted by atomic mass is 19.1. The maximum Gasteiger partial charge on any atom is 0.410 e. The average molecular weight is 323 g/mol. The van der Waals surface area contributed by atoms with Crippen LogP contribution < -0.4 is 0 Å². The van der Waals surface area contributed by atoms with Crippen molar-refractivity contribution in [3.63, 3.8) is 0 Å². The summed E-state index contributed by atoms with van der Waals surface area (Å²) in [6.45, 7) is 7.26. The van der Waals surface area contributed by atoms with E-state index in [4.69, 9.17) is 4.74 Å². The van der Waals surface area contributed by atoms with E-state index in [-0.39, 0.29) is 18.4 Å². The van der Waals surface area contributed by atoms with Crippen molar-refractivity contribution in [1.29, 1.82) is 0 Å². The predicted octanol–water partition coefficient (Wildman–Crippen LogP) is 1.84. The first-order valence-corrected chi connectivity index (χ1v) is 7.61. The molecule has 0 unspecified atom stereocenters. The minimum absolute atomic E-state index is 0.0760. The Balaban J connectivity index is 1.83. The standard InChI is InChI=1S/C16H22FN3O3/c1-16(2,3)23-15(22)20-8-6-19(7-9-20)14(21)10-13-5-4-12(17)11-18-13/h4-5,11H,6-10H2,1-3H3. The molecule has 0 spiro atoms. The average Bonchev–Trinajstić information content (AvgIpc) is 2.48. The molecule has 1 aromatic rings. The Labute approximate surface area is 135 Å². The Morgan fingerprint density at radius 2 is 1.78 bits per heavy atom. The number of carbonyl (C=O) groups excluding carboxylic acids is 2. The van der Waals surface area contributed by atoms with Gasteiger partial charge in [-0.25, -0.2) is 9.18 Å². The molecule has 2 heterocycles. The molecule has 0 aromatic carbocycles. The maximum absolute atomic E-state index is 12.8. The zero-order chi connectivity index (χ0) is 17.0. The monoisotopic (exact) mass is 323 g/mol. The molecule has 1 aliphatic heterocycles. The molecule has 6 nitrogen and oxygen atoms in total. The highest BCUT2D eigenvalue weighted by Crippen LogP contribution is 2.12. The molecule has 0 radical (unpaired) electrons. The minimum Gasteiger partial charge on any atom is -0.444 e. The van der Waals surface area contributed by atoms with Crippen molar-refractivity contribution in [3.8, 4) is 0 Å². The first kappa shape index (κ1) is 17.2. The number of halogens is 1. The molecule has 1 aromatic heterocycles. The number of ether oxygens (including phenoxy) is 1. The van der Waals surface area contributed by atoms with Crippen LogP contribution in [0.15, 0.2) is 18.3 Å². The molecule has 0 saturated carbocycles. The third-order valence-corrected chi connectivity index (χ3v) is 3.41. The van der Waals surface area contributed by atoms with E-state index in [1.54, 1.807) is 9.80 Å². The van der Waals surface area contributed by atoms with E-state index in [0.717, 1.165) is 6.20 Å². The van der Waals surface area contributed by atoms with Crippen molar-refractivity contribution in [2.75, 3.05) is 26.2 Å². The molecule has 126 valence electrons. The Morgan fingerprint density at radius 3 is 2.30 bits per heavy atom. The van der Waals surface area contributed by atoms with Gasteiger partial charge in [-0.1, -0.05) is 0 Å². The lowest BCUT2D eigenvalue weighted by Gasteiger charge is -2.35. The van der Waals surface area contributed by atoms with Crippen molar-refractivity contribution in [1.82, 2.24) is 14.8 Å². The minimum atomic E-state index is -0.529. The summed E-state index contributed by atoms with van der Waals surface area (Å²) < 4.78 is 18.1. The molecular formula is C16H22FN3O3. The molecule has 0 atom stereocenters. The van der Waals surface area contributed by atoms with E-state index < -0.39 is 11.4 Å². The van der Waals surface area contributed by atoms with Gasteiger partial charge in [0.1, 0.15) is 11.4 Å². The second-order valence-corrected chi connectivity index (χ2v) is 6.49. The Hall–Kier alpha value is -2.18. The van der Waals surface area contributed by atoms with E-state index in [2.05, 4.69) is 4.98 Å². The first-order valence-electron chi connectivity index (χ1n) is 7.61. The number of hydrogen-bond acceptors (Lipinski definition) is 4. The van der Waals surface area contributed by atoms with Crippen LogP contribution in [0.25, 0.3) is 0 Å². The number of piperazine rings is 1. The fourth-order valence-electron chi connectivity index (χ4n) is 2.24. The number of aromatic nitrogens is 1. The predicted molar refractivity (Wildman–Crippen MR) is 82.3 cm³/mol. The van der Waals surface area contributed by atoms with Gasteiger partial charge in [0.05, 0.1) is 12.6 Å². The van der Waals surface area contributed by atoms with Gasteiger partial charge in [0.15, 0.2) is 0 Å². The van der Waals surface area contributed by atoms with Crippen molar-refractivity contribution in [2.45, 2.75) is 32.8 Å². The molecule has 1 aliphatic rings. The summed E-state index contributed by atoms with van der Waals surface area (Å²) in [7, 11) is 0. The number of amides is 2. The molecule has 2 amide bonds. The first-order chi connectivity index (χ1) is 10.7. The van der Waals surface area contributed by atoms with Crippen LogP contribution in [-0.4, -0.2) is 58.6 Å². The number of rotatable bonds is 2. The van der Waals surface area contributed by atoms with Crippen LogP contribution in [-0.2, 0) is 16.0 Å². The van der Waals surface area contributed by atoms with Gasteiger partial charge in [0.2, 0.25) is 5.91 Å². The van der Waals surface area contributed by atoms with Gasteiger partial charge in [-0.15, -0.1) is 0 Å². The van der Waals surface area contributed by atoms with Crippen LogP contribution in [0, 0.1) is 5.82 Å². The quantitative estimate of drug-likeness (QED) is 0.833. The van der Waals surface area contributed by atoms with Gasteiger partial charge < -0.3 is 14.5 Å². The topological polar surface area (TPSA) is 62.7 Å². The number of nitrogens with zero attached hydrogens (tertiary/aromatic N) is 3. The van der Waals surface area contributed by atoms with Gasteiger partial charge in [-0.05, 0) is 32.9 Å². The lowest BCUT2D eigenvalue weighted by Crippen LogP contribution is -2.52. The lowest BCUT2D eigenvalue weighted by molar-refractivity contribution is -0.132. The fourth-order valence-corrected chi connectivity index (χ4v) is 2.24. The van der Waals surface area contributed by atoms with Gasteiger partial charge in [0, 0.05) is 31.9 Å². The normalized spacial score (nSPS) is 15.5. The van der Waals surface area contributed by atoms with Gasteiger partial charge in [-0.3, -0.25) is 9.78 Å². The maximum atomic E-state index is 12.8. The summed E-state index contributed by atoms with van der Waals surface area (Å²) in [4.78, 5) is 31.4. The third kappa shape index (κ3) is 5.19. The van der Waals surface area contributed by atoms with Crippen LogP contribution in [0.1, 0.15) is 26.5 Å². The van der Waals surface area contributed by atoms with Gasteiger partial charge in [0.25, 0.3) is 0 Å². The zero-order valence-electron chi connectivity index (χ0n) is 13.7. The molecule has 0 bridgehead atoms. The van der Waals surface area contributed by atoms with E-state index >= 15 is 0 Å². The second kappa shape index (κ2) is 6.93. The smallest absolute Gasteiger partial charge is 0.410 e. The summed E-state index contributed by atoms with van der Waals surface area (Å²) >= 11 is 0. The number of pyridine rings is 1. The molecule has 23 heavy (non-hydrogen) atoms. The molecular weight excluding hydrogens is 301 g/mol. The Kier molecular flexibility index (Phi) is 5.18. The summed E-state index contributed by atoms with van der Waals surface area (Å²) in [5, 5.41) is 0. The molecule has 1 saturated heterocycles. The zero-order valence-corrected chi connectivity index (χ0v) is 13.7. The number of hydrogen-bond donors (Lipinski definition) is 0. The third-order valence-electron chi connectivity index (χ3n) is 3.41. The molecule has 0 aliphatic carbocycles. The Morgan fingerprint density at radius 1 is 1.17 bits per heavy atom. The van der Waals surface area contributed by atoms with E-state index in [1.807, 2.05) is 20.8 Å². The summed E-state index contributed by atoms with van der Waals surface area (Å²) in [5.74, 6) is -0.500. The summed E-state index contributed by atoms with van der Waals surface area (Å²) in [5.41, 5.74) is 0.00383. The van der Waals surface area contributed by atoms with E-state index in [0.29, 0.717) is 31.9 Å². The molecule has 2 rings (SSSR count). The van der Waals surface area contributed by atoms with Crippen LogP contribution in [0.4, 0.5) is 9.18 Å². The Bertz CT molecular complexity index is 561. The van der Waals surface area contributed by atoms with Gasteiger partial charge in [-0.2, -0.15) is 0 Å². The van der Waals surface area contributed by atoms with E-state index in [9.17, 15) is 14.0 Å². The summed E-state index contributed by atoms with van der Waals surface area (Å²) in [6, 6.07) is 2.79. The summed E-state index contributed by atoms with van der Waals surface area (Å²) in [6.07, 6.45) is 0.875. The van der Waals surface area contributed by atoms with Crippen molar-refractivity contribution >= 4 is 12.0 Å².